The number of amides is 1. The first-order valence-electron chi connectivity index (χ1n) is 10.8. The van der Waals surface area contributed by atoms with Gasteiger partial charge in [-0.05, 0) is 60.1 Å². The minimum absolute atomic E-state index is 0.0496. The van der Waals surface area contributed by atoms with Crippen LogP contribution in [-0.2, 0) is 11.3 Å². The number of thiol groups is 1. The normalized spacial score (nSPS) is 12.4. The van der Waals surface area contributed by atoms with E-state index in [1.165, 1.54) is 4.90 Å². The van der Waals surface area contributed by atoms with Gasteiger partial charge < -0.3 is 25.6 Å². The summed E-state index contributed by atoms with van der Waals surface area (Å²) in [4.78, 5) is 22.3. The molecule has 4 N–H and O–H groups in total. The predicted molar refractivity (Wildman–Crippen MR) is 149 cm³/mol. The van der Waals surface area contributed by atoms with Gasteiger partial charge in [0.2, 0.25) is 6.41 Å². The van der Waals surface area contributed by atoms with E-state index in [9.17, 15) is 15.0 Å². The van der Waals surface area contributed by atoms with E-state index < -0.39 is 0 Å². The number of hydrogen-bond acceptors (Lipinski definition) is 6. The molecule has 0 saturated heterocycles. The van der Waals surface area contributed by atoms with Gasteiger partial charge in [0.15, 0.2) is 0 Å². The number of aromatic nitrogens is 2. The summed E-state index contributed by atoms with van der Waals surface area (Å²) in [5, 5.41) is 21.2. The first kappa shape index (κ1) is 27.8. The van der Waals surface area contributed by atoms with E-state index in [1.54, 1.807) is 44.3 Å². The molecular formula is C25H26BrClN4O4S. The van der Waals surface area contributed by atoms with Gasteiger partial charge in [0.05, 0.1) is 16.6 Å². The lowest BCUT2D eigenvalue weighted by Gasteiger charge is -2.22. The van der Waals surface area contributed by atoms with Gasteiger partial charge in [0.25, 0.3) is 0 Å². The molecule has 0 unspecified atom stereocenters. The number of aliphatic hydroxyl groups excluding tert-OH is 2. The number of para-hydroxylation sites is 1. The molecule has 3 rings (SSSR count). The Balaban J connectivity index is 2.00. The Labute approximate surface area is 226 Å². The van der Waals surface area contributed by atoms with Gasteiger partial charge in [-0.3, -0.25) is 4.79 Å². The van der Waals surface area contributed by atoms with E-state index in [2.05, 4.69) is 25.9 Å². The Morgan fingerprint density at radius 2 is 2.03 bits per heavy atom. The first-order chi connectivity index (χ1) is 17.2. The zero-order chi connectivity index (χ0) is 26.2. The number of nitrogens with two attached hydrogens (primary N) is 1. The van der Waals surface area contributed by atoms with Crippen molar-refractivity contribution in [2.24, 2.45) is 0 Å². The number of aliphatic hydroxyl groups is 2. The molecule has 0 radical (unpaired) electrons. The summed E-state index contributed by atoms with van der Waals surface area (Å²) in [7, 11) is 0. The van der Waals surface area contributed by atoms with Crippen LogP contribution in [0.2, 0.25) is 5.02 Å². The van der Waals surface area contributed by atoms with Gasteiger partial charge in [-0.2, -0.15) is 0 Å². The van der Waals surface area contributed by atoms with Crippen molar-refractivity contribution < 1.29 is 19.7 Å². The fourth-order valence-corrected chi connectivity index (χ4v) is 4.83. The summed E-state index contributed by atoms with van der Waals surface area (Å²) in [5.74, 6) is 1.78. The Morgan fingerprint density at radius 1 is 1.28 bits per heavy atom. The summed E-state index contributed by atoms with van der Waals surface area (Å²) >= 11 is 10.1. The molecule has 0 fully saturated rings. The van der Waals surface area contributed by atoms with Crippen LogP contribution in [0.5, 0.6) is 11.5 Å². The molecule has 1 aromatic heterocycles. The second-order valence-electron chi connectivity index (χ2n) is 7.68. The molecule has 0 bridgehead atoms. The molecule has 0 aliphatic carbocycles. The SMILES string of the molecule is C/C(=C(CCO)/[SH]=C(\O)c1cc(Cl)ccc1Oc1ccccc1Br)N(C=O)Cc1cnc(C)nc1N. The number of rotatable bonds is 10. The van der Waals surface area contributed by atoms with Crippen LogP contribution >= 0.6 is 38.9 Å². The summed E-state index contributed by atoms with van der Waals surface area (Å²) in [6.45, 7) is 3.43. The van der Waals surface area contributed by atoms with E-state index in [1.807, 2.05) is 18.2 Å². The lowest BCUT2D eigenvalue weighted by atomic mass is 10.2. The van der Waals surface area contributed by atoms with E-state index in [4.69, 9.17) is 22.1 Å². The Morgan fingerprint density at radius 3 is 2.69 bits per heavy atom. The summed E-state index contributed by atoms with van der Waals surface area (Å²) in [5.41, 5.74) is 7.52. The fourth-order valence-electron chi connectivity index (χ4n) is 3.24. The molecule has 1 heterocycles. The average molecular weight is 594 g/mol. The number of allylic oxidation sites excluding steroid dienone is 1. The third-order valence-corrected chi connectivity index (χ3v) is 7.32. The van der Waals surface area contributed by atoms with Crippen LogP contribution in [0.25, 0.3) is 0 Å². The molecule has 190 valence electrons. The van der Waals surface area contributed by atoms with Crippen molar-refractivity contribution in [1.82, 2.24) is 14.9 Å². The number of aryl methyl sites for hydroxylation is 1. The van der Waals surface area contributed by atoms with Gasteiger partial charge in [-0.25, -0.2) is 9.97 Å². The molecular weight excluding hydrogens is 568 g/mol. The number of benzene rings is 2. The smallest absolute Gasteiger partial charge is 0.214 e. The molecule has 2 aromatic carbocycles. The lowest BCUT2D eigenvalue weighted by Crippen LogP contribution is -2.22. The number of halogens is 2. The quantitative estimate of drug-likeness (QED) is 0.142. The Bertz CT molecular complexity index is 1320. The van der Waals surface area contributed by atoms with Crippen LogP contribution in [0.1, 0.15) is 30.3 Å². The Kier molecular flexibility index (Phi) is 10.0. The van der Waals surface area contributed by atoms with Crippen molar-refractivity contribution in [3.8, 4) is 11.5 Å². The number of carbonyl (C=O) groups excluding carboxylic acids is 1. The number of anilines is 1. The fraction of sp³-hybridized carbons (Fsp3) is 0.200. The summed E-state index contributed by atoms with van der Waals surface area (Å²) in [6.07, 6.45) is 2.47. The van der Waals surface area contributed by atoms with Gasteiger partial charge in [-0.1, -0.05) is 23.7 Å². The molecule has 36 heavy (non-hydrogen) atoms. The van der Waals surface area contributed by atoms with Crippen molar-refractivity contribution >= 4 is 56.2 Å². The maximum atomic E-state index is 12.0. The van der Waals surface area contributed by atoms with Crippen molar-refractivity contribution in [3.05, 3.63) is 85.7 Å². The van der Waals surface area contributed by atoms with Gasteiger partial charge in [-0.15, -0.1) is 11.4 Å². The topological polar surface area (TPSA) is 122 Å². The number of ether oxygens (including phenoxy) is 1. The van der Waals surface area contributed by atoms with Crippen LogP contribution in [0.4, 0.5) is 5.82 Å². The minimum Gasteiger partial charge on any atom is -0.455 e. The molecule has 8 nitrogen and oxygen atoms in total. The molecule has 0 atom stereocenters. The first-order valence-corrected chi connectivity index (χ1v) is 12.9. The highest BCUT2D eigenvalue weighted by Crippen LogP contribution is 2.34. The second kappa shape index (κ2) is 13.0. The zero-order valence-electron chi connectivity index (χ0n) is 19.7. The van der Waals surface area contributed by atoms with Gasteiger partial charge in [0, 0.05) is 40.4 Å². The number of hydrogen-bond donors (Lipinski definition) is 4. The minimum atomic E-state index is -0.175. The van der Waals surface area contributed by atoms with E-state index in [-0.39, 0.29) is 30.4 Å². The largest absolute Gasteiger partial charge is 0.455 e. The van der Waals surface area contributed by atoms with Gasteiger partial charge in [0.1, 0.15) is 28.2 Å². The van der Waals surface area contributed by atoms with Crippen molar-refractivity contribution in [2.45, 2.75) is 26.8 Å². The summed E-state index contributed by atoms with van der Waals surface area (Å²) in [6, 6.07) is 12.3. The average Bonchev–Trinajstić information content (AvgIpc) is 2.85. The highest BCUT2D eigenvalue weighted by atomic mass is 79.9. The second-order valence-corrected chi connectivity index (χ2v) is 10.2. The van der Waals surface area contributed by atoms with Crippen LogP contribution in [-0.4, -0.2) is 43.1 Å². The molecule has 1 amide bonds. The van der Waals surface area contributed by atoms with Crippen LogP contribution < -0.4 is 10.5 Å². The third-order valence-electron chi connectivity index (χ3n) is 5.16. The maximum Gasteiger partial charge on any atom is 0.214 e. The zero-order valence-corrected chi connectivity index (χ0v) is 22.9. The third kappa shape index (κ3) is 7.14. The standard InChI is InChI=1S/C25H26BrClN4O4S/c1-15(31(14-33)13-17-12-29-16(2)30-24(17)28)23(9-10-32)36-25(34)19-11-18(27)7-8-21(19)35-22-6-4-3-5-20(22)26/h3-8,11-12,14,32,34,36H,9-10,13H2,1-2H3,(H2,28,29,30)/b23-15-. The predicted octanol–water partition coefficient (Wildman–Crippen LogP) is 5.35. The van der Waals surface area contributed by atoms with Crippen molar-refractivity contribution in [2.75, 3.05) is 12.3 Å². The van der Waals surface area contributed by atoms with E-state index in [0.29, 0.717) is 61.8 Å². The molecule has 11 heteroatoms. The highest BCUT2D eigenvalue weighted by Gasteiger charge is 2.16. The number of carbonyl (C=O) groups is 1. The maximum absolute atomic E-state index is 12.0. The Hall–Kier alpha value is -2.76. The van der Waals surface area contributed by atoms with Crippen LogP contribution in [0.15, 0.2) is 63.7 Å². The van der Waals surface area contributed by atoms with Crippen LogP contribution in [0, 0.1) is 6.92 Å². The number of nitrogens with zero attached hydrogens (tertiary/aromatic N) is 3. The molecule has 0 aliphatic heterocycles. The van der Waals surface area contributed by atoms with Crippen LogP contribution in [0.3, 0.4) is 0 Å². The molecule has 0 aliphatic rings. The van der Waals surface area contributed by atoms with Gasteiger partial charge >= 0.3 is 0 Å². The highest BCUT2D eigenvalue weighted by molar-refractivity contribution is 9.10. The van der Waals surface area contributed by atoms with Crippen molar-refractivity contribution in [3.63, 3.8) is 0 Å². The van der Waals surface area contributed by atoms with Crippen molar-refractivity contribution in [1.29, 1.82) is 0 Å². The lowest BCUT2D eigenvalue weighted by molar-refractivity contribution is -0.116. The van der Waals surface area contributed by atoms with E-state index in [0.717, 1.165) is 4.47 Å². The van der Waals surface area contributed by atoms with E-state index >= 15 is 0 Å². The monoisotopic (exact) mass is 592 g/mol. The summed E-state index contributed by atoms with van der Waals surface area (Å²) < 4.78 is 6.79. The molecule has 0 saturated carbocycles. The molecule has 3 aromatic rings. The molecule has 0 spiro atoms. The number of nitrogen functional groups attached to an aromatic ring is 1.